The Hall–Kier alpha value is -3.33. The van der Waals surface area contributed by atoms with Crippen molar-refractivity contribution >= 4 is 45.2 Å². The van der Waals surface area contributed by atoms with E-state index >= 15 is 0 Å². The van der Waals surface area contributed by atoms with Crippen molar-refractivity contribution < 1.29 is 23.9 Å². The zero-order valence-corrected chi connectivity index (χ0v) is 18.5. The number of thiophene rings is 1. The molecule has 3 aromatic rings. The van der Waals surface area contributed by atoms with Gasteiger partial charge in [0.25, 0.3) is 5.91 Å². The lowest BCUT2D eigenvalue weighted by Crippen LogP contribution is -2.22. The molecule has 9 heteroatoms. The van der Waals surface area contributed by atoms with Crippen LogP contribution >= 0.6 is 11.3 Å². The summed E-state index contributed by atoms with van der Waals surface area (Å²) in [5.74, 6) is -1.72. The zero-order valence-electron chi connectivity index (χ0n) is 17.7. The highest BCUT2D eigenvalue weighted by atomic mass is 32.1. The first kappa shape index (κ1) is 21.9. The predicted octanol–water partition coefficient (Wildman–Crippen LogP) is 3.93. The number of carbonyl (C=O) groups excluding carboxylic acids is 3. The second-order valence-electron chi connectivity index (χ2n) is 7.36. The van der Waals surface area contributed by atoms with Gasteiger partial charge < -0.3 is 14.8 Å². The molecule has 32 heavy (non-hydrogen) atoms. The maximum Gasteiger partial charge on any atom is 0.359 e. The number of aryl methyl sites for hydroxylation is 1. The molecule has 2 aromatic heterocycles. The molecule has 0 aliphatic heterocycles. The van der Waals surface area contributed by atoms with Crippen LogP contribution in [0.2, 0.25) is 0 Å². The van der Waals surface area contributed by atoms with Gasteiger partial charge in [-0.05, 0) is 50.3 Å². The molecule has 2 heterocycles. The molecule has 4 rings (SSSR count). The van der Waals surface area contributed by atoms with Crippen molar-refractivity contribution in [2.75, 3.05) is 18.5 Å². The van der Waals surface area contributed by atoms with Crippen LogP contribution in [0.15, 0.2) is 30.5 Å². The number of nitrogens with zero attached hydrogens (tertiary/aromatic N) is 2. The van der Waals surface area contributed by atoms with Gasteiger partial charge in [-0.25, -0.2) is 14.6 Å². The summed E-state index contributed by atoms with van der Waals surface area (Å²) in [7, 11) is 0. The largest absolute Gasteiger partial charge is 0.462 e. The topological polar surface area (TPSA) is 107 Å². The number of aromatic nitrogens is 2. The van der Waals surface area contributed by atoms with Gasteiger partial charge in [0.05, 0.1) is 29.4 Å². The number of esters is 2. The van der Waals surface area contributed by atoms with Gasteiger partial charge in [-0.2, -0.15) is 0 Å². The maximum absolute atomic E-state index is 12.6. The van der Waals surface area contributed by atoms with Crippen LogP contribution in [0.1, 0.15) is 57.5 Å². The minimum atomic E-state index is -0.744. The van der Waals surface area contributed by atoms with E-state index in [-0.39, 0.29) is 12.3 Å². The molecular formula is C23H23N3O5S. The van der Waals surface area contributed by atoms with Gasteiger partial charge in [-0.3, -0.25) is 9.78 Å². The molecule has 0 saturated heterocycles. The third kappa shape index (κ3) is 4.77. The van der Waals surface area contributed by atoms with E-state index in [2.05, 4.69) is 15.3 Å². The van der Waals surface area contributed by atoms with Crippen molar-refractivity contribution in [2.45, 2.75) is 39.0 Å². The monoisotopic (exact) mass is 453 g/mol. The zero-order chi connectivity index (χ0) is 22.5. The number of amides is 1. The highest BCUT2D eigenvalue weighted by molar-refractivity contribution is 7.17. The van der Waals surface area contributed by atoms with Crippen LogP contribution in [0.4, 0.5) is 5.00 Å². The summed E-state index contributed by atoms with van der Waals surface area (Å²) in [4.78, 5) is 46.9. The smallest absolute Gasteiger partial charge is 0.359 e. The molecule has 0 unspecified atom stereocenters. The van der Waals surface area contributed by atoms with E-state index in [1.165, 1.54) is 17.5 Å². The Morgan fingerprint density at radius 2 is 1.81 bits per heavy atom. The molecule has 1 N–H and O–H groups in total. The van der Waals surface area contributed by atoms with Gasteiger partial charge in [0.1, 0.15) is 5.00 Å². The van der Waals surface area contributed by atoms with Gasteiger partial charge >= 0.3 is 11.9 Å². The third-order valence-corrected chi connectivity index (χ3v) is 6.35. The molecule has 0 saturated carbocycles. The molecule has 0 bridgehead atoms. The van der Waals surface area contributed by atoms with Crippen molar-refractivity contribution in [3.63, 3.8) is 0 Å². The highest BCUT2D eigenvalue weighted by Crippen LogP contribution is 2.38. The number of fused-ring (bicyclic) bond motifs is 2. The Kier molecular flexibility index (Phi) is 6.75. The van der Waals surface area contributed by atoms with Gasteiger partial charge in [-0.15, -0.1) is 11.3 Å². The van der Waals surface area contributed by atoms with Crippen LogP contribution in [0.5, 0.6) is 0 Å². The predicted molar refractivity (Wildman–Crippen MR) is 120 cm³/mol. The average molecular weight is 454 g/mol. The number of carbonyl (C=O) groups is 3. The Bertz CT molecular complexity index is 1170. The maximum atomic E-state index is 12.6. The summed E-state index contributed by atoms with van der Waals surface area (Å²) >= 11 is 1.39. The summed E-state index contributed by atoms with van der Waals surface area (Å²) in [5.41, 5.74) is 2.63. The Morgan fingerprint density at radius 3 is 2.62 bits per heavy atom. The fraction of sp³-hybridized carbons (Fsp3) is 0.348. The van der Waals surface area contributed by atoms with Crippen molar-refractivity contribution in [2.24, 2.45) is 0 Å². The molecule has 1 aliphatic rings. The SMILES string of the molecule is CCOC(=O)c1c(NC(=O)COC(=O)c2cnc3ccccc3n2)sc2c1CCCCC2. The lowest BCUT2D eigenvalue weighted by molar-refractivity contribution is -0.119. The van der Waals surface area contributed by atoms with Crippen molar-refractivity contribution in [1.29, 1.82) is 0 Å². The molecule has 0 atom stereocenters. The first-order valence-corrected chi connectivity index (χ1v) is 11.4. The highest BCUT2D eigenvalue weighted by Gasteiger charge is 2.27. The van der Waals surface area contributed by atoms with Crippen LogP contribution < -0.4 is 5.32 Å². The Morgan fingerprint density at radius 1 is 1.03 bits per heavy atom. The van der Waals surface area contributed by atoms with E-state index in [1.807, 2.05) is 6.07 Å². The fourth-order valence-electron chi connectivity index (χ4n) is 3.67. The van der Waals surface area contributed by atoms with Crippen molar-refractivity contribution in [1.82, 2.24) is 9.97 Å². The number of benzene rings is 1. The molecular weight excluding hydrogens is 430 g/mol. The number of hydrogen-bond donors (Lipinski definition) is 1. The molecule has 1 aromatic carbocycles. The quantitative estimate of drug-likeness (QED) is 0.445. The number of nitrogens with one attached hydrogen (secondary N) is 1. The molecule has 0 radical (unpaired) electrons. The van der Waals surface area contributed by atoms with E-state index < -0.39 is 24.5 Å². The van der Waals surface area contributed by atoms with Gasteiger partial charge in [0, 0.05) is 4.88 Å². The average Bonchev–Trinajstić information content (AvgIpc) is 2.97. The minimum absolute atomic E-state index is 0.0200. The lowest BCUT2D eigenvalue weighted by atomic mass is 10.1. The van der Waals surface area contributed by atoms with E-state index in [0.717, 1.165) is 42.5 Å². The van der Waals surface area contributed by atoms with Crippen LogP contribution in [0.25, 0.3) is 11.0 Å². The summed E-state index contributed by atoms with van der Waals surface area (Å²) in [6, 6.07) is 7.15. The number of ether oxygens (including phenoxy) is 2. The second kappa shape index (κ2) is 9.86. The fourth-order valence-corrected chi connectivity index (χ4v) is 4.97. The standard InChI is InChI=1S/C23H23N3O5S/c1-2-30-23(29)20-14-8-4-3-5-11-18(14)32-21(20)26-19(27)13-31-22(28)17-12-24-15-9-6-7-10-16(15)25-17/h6-7,9-10,12H,2-5,8,11,13H2,1H3,(H,26,27). The van der Waals surface area contributed by atoms with Gasteiger partial charge in [0.2, 0.25) is 0 Å². The molecule has 1 aliphatic carbocycles. The van der Waals surface area contributed by atoms with Crippen molar-refractivity contribution in [3.8, 4) is 0 Å². The first-order valence-electron chi connectivity index (χ1n) is 10.6. The Labute approximate surface area is 189 Å². The molecule has 0 spiro atoms. The van der Waals surface area contributed by atoms with Gasteiger partial charge in [0.15, 0.2) is 12.3 Å². The summed E-state index contributed by atoms with van der Waals surface area (Å²) < 4.78 is 10.3. The number of anilines is 1. The molecule has 1 amide bonds. The first-order chi connectivity index (χ1) is 15.6. The number of rotatable bonds is 6. The van der Waals surface area contributed by atoms with E-state index in [0.29, 0.717) is 21.6 Å². The normalized spacial score (nSPS) is 13.2. The van der Waals surface area contributed by atoms with Crippen LogP contribution in [0.3, 0.4) is 0 Å². The Balaban J connectivity index is 1.45. The van der Waals surface area contributed by atoms with Gasteiger partial charge in [-0.1, -0.05) is 18.6 Å². The van der Waals surface area contributed by atoms with Crippen LogP contribution in [0, 0.1) is 0 Å². The lowest BCUT2D eigenvalue weighted by Gasteiger charge is -2.09. The van der Waals surface area contributed by atoms with E-state index in [1.54, 1.807) is 25.1 Å². The summed E-state index contributed by atoms with van der Waals surface area (Å²) in [5, 5.41) is 3.18. The van der Waals surface area contributed by atoms with Crippen LogP contribution in [-0.4, -0.2) is 41.0 Å². The third-order valence-electron chi connectivity index (χ3n) is 5.15. The molecule has 166 valence electrons. The van der Waals surface area contributed by atoms with E-state index in [4.69, 9.17) is 9.47 Å². The minimum Gasteiger partial charge on any atom is -0.462 e. The second-order valence-corrected chi connectivity index (χ2v) is 8.46. The van der Waals surface area contributed by atoms with Crippen LogP contribution in [-0.2, 0) is 27.1 Å². The number of para-hydroxylation sites is 2. The molecule has 0 fully saturated rings. The summed E-state index contributed by atoms with van der Waals surface area (Å²) in [6.07, 6.45) is 6.13. The number of hydrogen-bond acceptors (Lipinski definition) is 8. The van der Waals surface area contributed by atoms with Crippen molar-refractivity contribution in [3.05, 3.63) is 52.2 Å². The molecule has 8 nitrogen and oxygen atoms in total. The van der Waals surface area contributed by atoms with E-state index in [9.17, 15) is 14.4 Å². The summed E-state index contributed by atoms with van der Waals surface area (Å²) in [6.45, 7) is 1.50.